The molecule has 0 radical (unpaired) electrons. The Morgan fingerprint density at radius 2 is 1.94 bits per heavy atom. The molecule has 3 aromatic rings. The van der Waals surface area contributed by atoms with Gasteiger partial charge < -0.3 is 15.1 Å². The molecule has 34 heavy (non-hydrogen) atoms. The number of rotatable bonds is 8. The number of likely N-dealkylation sites (tertiary alicyclic amines) is 1. The molecular weight excluding hydrogens is 450 g/mol. The summed E-state index contributed by atoms with van der Waals surface area (Å²) in [4.78, 5) is 39.7. The van der Waals surface area contributed by atoms with E-state index in [1.165, 1.54) is 0 Å². The minimum Gasteiger partial charge on any atom is -0.357 e. The van der Waals surface area contributed by atoms with Gasteiger partial charge in [-0.3, -0.25) is 9.59 Å². The highest BCUT2D eigenvalue weighted by Crippen LogP contribution is 2.28. The molecule has 1 fully saturated rings. The summed E-state index contributed by atoms with van der Waals surface area (Å²) in [5.74, 6) is 1.21. The Morgan fingerprint density at radius 1 is 1.21 bits per heavy atom. The van der Waals surface area contributed by atoms with Crippen molar-refractivity contribution in [1.29, 1.82) is 0 Å². The normalized spacial score (nSPS) is 14.7. The van der Waals surface area contributed by atoms with E-state index in [1.807, 2.05) is 36.5 Å². The Labute approximate surface area is 204 Å². The molecule has 0 unspecified atom stereocenters. The predicted octanol–water partition coefficient (Wildman–Crippen LogP) is 3.61. The van der Waals surface area contributed by atoms with Gasteiger partial charge in [-0.25, -0.2) is 14.5 Å². The SMILES string of the molecule is CCC(=O)NC1CCN(C(=O)c2cc(N(C)C(CC)CC)nc(-c3cnn4ccsc34)n2)CC1. The molecule has 1 saturated heterocycles. The van der Waals surface area contributed by atoms with Gasteiger partial charge in [0.15, 0.2) is 5.82 Å². The van der Waals surface area contributed by atoms with Gasteiger partial charge in [0.25, 0.3) is 5.91 Å². The van der Waals surface area contributed by atoms with Crippen molar-refractivity contribution in [2.24, 2.45) is 0 Å². The number of aromatic nitrogens is 4. The molecule has 0 saturated carbocycles. The molecule has 0 aromatic carbocycles. The van der Waals surface area contributed by atoms with Crippen molar-refractivity contribution in [3.8, 4) is 11.4 Å². The van der Waals surface area contributed by atoms with E-state index in [0.717, 1.165) is 41.9 Å². The number of carbonyl (C=O) groups excluding carboxylic acids is 2. The number of piperidine rings is 1. The zero-order valence-corrected chi connectivity index (χ0v) is 21.1. The second-order valence-electron chi connectivity index (χ2n) is 8.71. The van der Waals surface area contributed by atoms with E-state index >= 15 is 0 Å². The Balaban J connectivity index is 1.64. The van der Waals surface area contributed by atoms with Gasteiger partial charge in [0.1, 0.15) is 16.3 Å². The fourth-order valence-electron chi connectivity index (χ4n) is 4.47. The molecule has 4 rings (SSSR count). The number of nitrogens with zero attached hydrogens (tertiary/aromatic N) is 6. The lowest BCUT2D eigenvalue weighted by Gasteiger charge is -2.32. The van der Waals surface area contributed by atoms with Crippen molar-refractivity contribution in [3.63, 3.8) is 0 Å². The molecular formula is C24H33N7O2S. The molecule has 4 heterocycles. The van der Waals surface area contributed by atoms with Crippen LogP contribution in [0.25, 0.3) is 16.2 Å². The highest BCUT2D eigenvalue weighted by Gasteiger charge is 2.27. The van der Waals surface area contributed by atoms with Crippen molar-refractivity contribution in [2.45, 2.75) is 65.0 Å². The van der Waals surface area contributed by atoms with Crippen LogP contribution in [0.1, 0.15) is 63.4 Å². The zero-order chi connectivity index (χ0) is 24.2. The van der Waals surface area contributed by atoms with Crippen LogP contribution in [-0.4, -0.2) is 68.5 Å². The standard InChI is InChI=1S/C24H33N7O2S/c1-5-17(6-2)29(4)20-14-19(23(33)30-10-8-16(9-11-30)26-21(32)7-3)27-22(28-20)18-15-25-31-12-13-34-24(18)31/h12-17H,5-11H2,1-4H3,(H,26,32). The summed E-state index contributed by atoms with van der Waals surface area (Å²) in [6, 6.07) is 2.25. The van der Waals surface area contributed by atoms with E-state index in [2.05, 4.69) is 29.2 Å². The van der Waals surface area contributed by atoms with E-state index in [4.69, 9.17) is 9.97 Å². The summed E-state index contributed by atoms with van der Waals surface area (Å²) in [7, 11) is 2.03. The van der Waals surface area contributed by atoms with E-state index in [1.54, 1.807) is 22.0 Å². The summed E-state index contributed by atoms with van der Waals surface area (Å²) < 4.78 is 1.80. The molecule has 1 aliphatic rings. The average Bonchev–Trinajstić information content (AvgIpc) is 3.48. The topological polar surface area (TPSA) is 95.7 Å². The number of nitrogens with one attached hydrogen (secondary N) is 1. The average molecular weight is 484 g/mol. The van der Waals surface area contributed by atoms with Gasteiger partial charge >= 0.3 is 0 Å². The number of fused-ring (bicyclic) bond motifs is 1. The molecule has 3 aromatic heterocycles. The van der Waals surface area contributed by atoms with Gasteiger partial charge in [-0.1, -0.05) is 20.8 Å². The number of carbonyl (C=O) groups is 2. The van der Waals surface area contributed by atoms with Crippen LogP contribution in [0.2, 0.25) is 0 Å². The maximum atomic E-state index is 13.5. The molecule has 0 aliphatic carbocycles. The second kappa shape index (κ2) is 10.5. The van der Waals surface area contributed by atoms with E-state index in [0.29, 0.717) is 37.1 Å². The van der Waals surface area contributed by atoms with Crippen molar-refractivity contribution in [2.75, 3.05) is 25.0 Å². The highest BCUT2D eigenvalue weighted by molar-refractivity contribution is 7.16. The van der Waals surface area contributed by atoms with Crippen LogP contribution in [-0.2, 0) is 4.79 Å². The van der Waals surface area contributed by atoms with E-state index in [-0.39, 0.29) is 17.9 Å². The minimum absolute atomic E-state index is 0.0559. The predicted molar refractivity (Wildman–Crippen MR) is 134 cm³/mol. The first-order valence-corrected chi connectivity index (χ1v) is 12.9. The first-order valence-electron chi connectivity index (χ1n) is 12.1. The maximum absolute atomic E-state index is 13.5. The van der Waals surface area contributed by atoms with Crippen LogP contribution in [0.3, 0.4) is 0 Å². The molecule has 1 aliphatic heterocycles. The van der Waals surface area contributed by atoms with E-state index in [9.17, 15) is 9.59 Å². The van der Waals surface area contributed by atoms with Gasteiger partial charge in [-0.15, -0.1) is 11.3 Å². The molecule has 182 valence electrons. The number of hydrogen-bond donors (Lipinski definition) is 1. The molecule has 10 heteroatoms. The van der Waals surface area contributed by atoms with Crippen LogP contribution in [0, 0.1) is 0 Å². The lowest BCUT2D eigenvalue weighted by atomic mass is 10.0. The highest BCUT2D eigenvalue weighted by atomic mass is 32.1. The van der Waals surface area contributed by atoms with E-state index < -0.39 is 0 Å². The fraction of sp³-hybridized carbons (Fsp3) is 0.542. The van der Waals surface area contributed by atoms with Gasteiger partial charge in [0.2, 0.25) is 5.91 Å². The Morgan fingerprint density at radius 3 is 2.62 bits per heavy atom. The summed E-state index contributed by atoms with van der Waals surface area (Å²) in [5, 5.41) is 9.42. The summed E-state index contributed by atoms with van der Waals surface area (Å²) in [6.45, 7) is 7.35. The van der Waals surface area contributed by atoms with Crippen LogP contribution >= 0.6 is 11.3 Å². The zero-order valence-electron chi connectivity index (χ0n) is 20.3. The Hall–Kier alpha value is -3.01. The molecule has 0 bridgehead atoms. The lowest BCUT2D eigenvalue weighted by molar-refractivity contribution is -0.121. The third kappa shape index (κ3) is 4.91. The number of amides is 2. The summed E-state index contributed by atoms with van der Waals surface area (Å²) in [5.41, 5.74) is 1.22. The summed E-state index contributed by atoms with van der Waals surface area (Å²) in [6.07, 6.45) is 7.59. The third-order valence-corrected chi connectivity index (χ3v) is 7.51. The van der Waals surface area contributed by atoms with Gasteiger partial charge in [0.05, 0.1) is 11.8 Å². The molecule has 2 amide bonds. The quantitative estimate of drug-likeness (QED) is 0.526. The monoisotopic (exact) mass is 483 g/mol. The van der Waals surface area contributed by atoms with Crippen LogP contribution in [0.5, 0.6) is 0 Å². The summed E-state index contributed by atoms with van der Waals surface area (Å²) >= 11 is 1.57. The minimum atomic E-state index is -0.0993. The number of thiazole rings is 1. The van der Waals surface area contributed by atoms with Gasteiger partial charge in [-0.2, -0.15) is 5.10 Å². The van der Waals surface area contributed by atoms with Crippen molar-refractivity contribution in [1.82, 2.24) is 29.8 Å². The third-order valence-electron chi connectivity index (χ3n) is 6.62. The van der Waals surface area contributed by atoms with Gasteiger partial charge in [-0.05, 0) is 25.7 Å². The Bertz CT molecular complexity index is 1150. The fourth-order valence-corrected chi connectivity index (χ4v) is 5.26. The second-order valence-corrected chi connectivity index (χ2v) is 9.61. The smallest absolute Gasteiger partial charge is 0.272 e. The lowest BCUT2D eigenvalue weighted by Crippen LogP contribution is -2.46. The number of anilines is 1. The largest absolute Gasteiger partial charge is 0.357 e. The first kappa shape index (κ1) is 24.1. The van der Waals surface area contributed by atoms with Crippen LogP contribution in [0.15, 0.2) is 23.8 Å². The Kier molecular flexibility index (Phi) is 7.45. The maximum Gasteiger partial charge on any atom is 0.272 e. The number of hydrogen-bond acceptors (Lipinski definition) is 7. The van der Waals surface area contributed by atoms with Crippen molar-refractivity contribution >= 4 is 33.8 Å². The molecule has 0 atom stereocenters. The molecule has 9 nitrogen and oxygen atoms in total. The van der Waals surface area contributed by atoms with Crippen molar-refractivity contribution < 1.29 is 9.59 Å². The van der Waals surface area contributed by atoms with Gasteiger partial charge in [0, 0.05) is 56.3 Å². The molecule has 0 spiro atoms. The van der Waals surface area contributed by atoms with Crippen LogP contribution < -0.4 is 10.2 Å². The van der Waals surface area contributed by atoms with Crippen LogP contribution in [0.4, 0.5) is 5.82 Å². The van der Waals surface area contributed by atoms with Crippen molar-refractivity contribution in [3.05, 3.63) is 29.5 Å². The molecule has 1 N–H and O–H groups in total. The first-order chi connectivity index (χ1) is 16.4.